The van der Waals surface area contributed by atoms with E-state index in [9.17, 15) is 8.42 Å². The van der Waals surface area contributed by atoms with E-state index in [2.05, 4.69) is 4.98 Å². The molecule has 0 unspecified atom stereocenters. The molecule has 0 fully saturated rings. The van der Waals surface area contributed by atoms with Crippen molar-refractivity contribution < 1.29 is 8.42 Å². The van der Waals surface area contributed by atoms with Crippen molar-refractivity contribution in [3.63, 3.8) is 0 Å². The third-order valence-corrected chi connectivity index (χ3v) is 5.09. The van der Waals surface area contributed by atoms with Gasteiger partial charge in [0.25, 0.3) is 0 Å². The summed E-state index contributed by atoms with van der Waals surface area (Å²) in [6.07, 6.45) is 0. The number of nitrogens with zero attached hydrogens (tertiary/aromatic N) is 4. The zero-order valence-corrected chi connectivity index (χ0v) is 13.3. The molecular weight excluding hydrogens is 312 g/mol. The minimum atomic E-state index is -3.91. The first-order valence-electron chi connectivity index (χ1n) is 5.97. The first-order valence-corrected chi connectivity index (χ1v) is 7.75. The highest BCUT2D eigenvalue weighted by Crippen LogP contribution is 2.30. The molecule has 6 nitrogen and oxygen atoms in total. The lowest BCUT2D eigenvalue weighted by molar-refractivity contribution is 0.510. The van der Waals surface area contributed by atoms with Gasteiger partial charge in [0, 0.05) is 19.7 Å². The van der Waals surface area contributed by atoms with Crippen LogP contribution in [0.15, 0.2) is 24.3 Å². The fourth-order valence-corrected chi connectivity index (χ4v) is 3.13. The first-order chi connectivity index (χ1) is 9.78. The maximum absolute atomic E-state index is 12.2. The zero-order valence-electron chi connectivity index (χ0n) is 11.7. The van der Waals surface area contributed by atoms with Crippen molar-refractivity contribution in [2.75, 3.05) is 14.1 Å². The van der Waals surface area contributed by atoms with Crippen LogP contribution in [0.5, 0.6) is 0 Å². The molecule has 0 saturated heterocycles. The van der Waals surface area contributed by atoms with Gasteiger partial charge in [0.15, 0.2) is 5.15 Å². The predicted octanol–water partition coefficient (Wildman–Crippen LogP) is 2.04. The van der Waals surface area contributed by atoms with Crippen molar-refractivity contribution >= 4 is 21.8 Å². The normalized spacial score (nSPS) is 11.6. The number of rotatable bonds is 3. The van der Waals surface area contributed by atoms with Crippen molar-refractivity contribution in [3.05, 3.63) is 40.8 Å². The largest absolute Gasteiger partial charge is 0.310 e. The monoisotopic (exact) mass is 324 g/mol. The molecule has 0 saturated carbocycles. The summed E-state index contributed by atoms with van der Waals surface area (Å²) in [4.78, 5) is 4.04. The van der Waals surface area contributed by atoms with Crippen LogP contribution in [-0.4, -0.2) is 35.8 Å². The molecule has 0 aliphatic carbocycles. The summed E-state index contributed by atoms with van der Waals surface area (Å²) in [5.41, 5.74) is 1.96. The topological polar surface area (TPSA) is 79.0 Å². The van der Waals surface area contributed by atoms with Crippen molar-refractivity contribution in [1.82, 2.24) is 13.3 Å². The number of aryl methyl sites for hydroxylation is 1. The van der Waals surface area contributed by atoms with Crippen LogP contribution >= 0.6 is 11.6 Å². The molecule has 0 bridgehead atoms. The lowest BCUT2D eigenvalue weighted by atomic mass is 10.1. The Morgan fingerprint density at radius 2 is 1.86 bits per heavy atom. The third kappa shape index (κ3) is 2.65. The standard InChI is InChI=1S/C13H13ClN4O2S/c1-9-4-6-10(7-5-9)12-13(14)18(11(8-15)16-12)21(19,20)17(2)3/h4-7H,1-3H3. The molecule has 0 spiro atoms. The second kappa shape index (κ2) is 5.48. The zero-order chi connectivity index (χ0) is 15.8. The Morgan fingerprint density at radius 1 is 1.29 bits per heavy atom. The molecule has 0 amide bonds. The number of hydrogen-bond donors (Lipinski definition) is 0. The lowest BCUT2D eigenvalue weighted by Crippen LogP contribution is -2.29. The van der Waals surface area contributed by atoms with Crippen LogP contribution in [0.3, 0.4) is 0 Å². The van der Waals surface area contributed by atoms with E-state index in [-0.39, 0.29) is 16.7 Å². The van der Waals surface area contributed by atoms with Gasteiger partial charge in [0.05, 0.1) is 0 Å². The van der Waals surface area contributed by atoms with Gasteiger partial charge in [-0.3, -0.25) is 0 Å². The van der Waals surface area contributed by atoms with Crippen LogP contribution in [-0.2, 0) is 10.2 Å². The highest BCUT2D eigenvalue weighted by molar-refractivity contribution is 7.87. The maximum atomic E-state index is 12.2. The molecular formula is C13H13ClN4O2S. The molecule has 0 aliphatic heterocycles. The summed E-state index contributed by atoms with van der Waals surface area (Å²) >= 11 is 6.15. The number of aromatic nitrogens is 2. The lowest BCUT2D eigenvalue weighted by Gasteiger charge is -2.13. The van der Waals surface area contributed by atoms with Gasteiger partial charge >= 0.3 is 10.2 Å². The summed E-state index contributed by atoms with van der Waals surface area (Å²) in [6.45, 7) is 1.93. The number of imidazole rings is 1. The van der Waals surface area contributed by atoms with Gasteiger partial charge in [-0.25, -0.2) is 4.98 Å². The van der Waals surface area contributed by atoms with E-state index in [4.69, 9.17) is 16.9 Å². The fourth-order valence-electron chi connectivity index (χ4n) is 1.73. The van der Waals surface area contributed by atoms with Crippen molar-refractivity contribution in [2.45, 2.75) is 6.92 Å². The van der Waals surface area contributed by atoms with Gasteiger partial charge in [0.1, 0.15) is 11.8 Å². The molecule has 21 heavy (non-hydrogen) atoms. The molecule has 1 aromatic carbocycles. The average molecular weight is 325 g/mol. The number of halogens is 1. The Kier molecular flexibility index (Phi) is 4.05. The molecule has 0 N–H and O–H groups in total. The summed E-state index contributed by atoms with van der Waals surface area (Å²) in [5.74, 6) is -0.274. The van der Waals surface area contributed by atoms with Crippen LogP contribution in [0.25, 0.3) is 11.3 Å². The van der Waals surface area contributed by atoms with Gasteiger partial charge in [-0.15, -0.1) is 0 Å². The molecule has 0 aliphatic rings. The smallest absolute Gasteiger partial charge is 0.216 e. The Morgan fingerprint density at radius 3 is 2.33 bits per heavy atom. The average Bonchev–Trinajstić information content (AvgIpc) is 2.77. The highest BCUT2D eigenvalue weighted by Gasteiger charge is 2.27. The quantitative estimate of drug-likeness (QED) is 0.865. The fraction of sp³-hybridized carbons (Fsp3) is 0.231. The summed E-state index contributed by atoms with van der Waals surface area (Å²) in [5, 5.41) is 9.01. The summed E-state index contributed by atoms with van der Waals surface area (Å²) < 4.78 is 26.2. The van der Waals surface area contributed by atoms with Crippen LogP contribution in [0.2, 0.25) is 5.15 Å². The molecule has 2 aromatic rings. The predicted molar refractivity (Wildman–Crippen MR) is 80.1 cm³/mol. The number of nitriles is 1. The number of hydrogen-bond acceptors (Lipinski definition) is 4. The second-order valence-electron chi connectivity index (χ2n) is 4.61. The minimum absolute atomic E-state index is 0.107. The van der Waals surface area contributed by atoms with Crippen LogP contribution in [0, 0.1) is 18.3 Å². The Bertz CT molecular complexity index is 817. The second-order valence-corrected chi connectivity index (χ2v) is 6.96. The molecule has 1 aromatic heterocycles. The van der Waals surface area contributed by atoms with Gasteiger partial charge in [-0.2, -0.15) is 22.0 Å². The molecule has 0 atom stereocenters. The SMILES string of the molecule is Cc1ccc(-c2nc(C#N)n(S(=O)(=O)N(C)C)c2Cl)cc1. The third-order valence-electron chi connectivity index (χ3n) is 2.90. The van der Waals surface area contributed by atoms with E-state index >= 15 is 0 Å². The van der Waals surface area contributed by atoms with Crippen molar-refractivity contribution in [1.29, 1.82) is 5.26 Å². The maximum Gasteiger partial charge on any atom is 0.310 e. The Balaban J connectivity index is 2.71. The summed E-state index contributed by atoms with van der Waals surface area (Å²) in [7, 11) is -1.19. The van der Waals surface area contributed by atoms with E-state index in [0.29, 0.717) is 5.56 Å². The van der Waals surface area contributed by atoms with E-state index in [1.165, 1.54) is 14.1 Å². The Labute approximate surface area is 128 Å². The van der Waals surface area contributed by atoms with E-state index in [0.717, 1.165) is 13.8 Å². The molecule has 1 heterocycles. The van der Waals surface area contributed by atoms with Crippen molar-refractivity contribution in [2.24, 2.45) is 0 Å². The molecule has 110 valence electrons. The molecule has 8 heteroatoms. The minimum Gasteiger partial charge on any atom is -0.216 e. The first kappa shape index (κ1) is 15.5. The number of benzene rings is 1. The highest BCUT2D eigenvalue weighted by atomic mass is 35.5. The van der Waals surface area contributed by atoms with Gasteiger partial charge < -0.3 is 0 Å². The van der Waals surface area contributed by atoms with Crippen molar-refractivity contribution in [3.8, 4) is 17.3 Å². The van der Waals surface area contributed by atoms with Crippen LogP contribution in [0.1, 0.15) is 11.4 Å². The van der Waals surface area contributed by atoms with Gasteiger partial charge in [-0.05, 0) is 6.92 Å². The van der Waals surface area contributed by atoms with Gasteiger partial charge in [0.2, 0.25) is 5.82 Å². The van der Waals surface area contributed by atoms with E-state index < -0.39 is 10.2 Å². The molecule has 0 radical (unpaired) electrons. The van der Waals surface area contributed by atoms with Gasteiger partial charge in [-0.1, -0.05) is 41.4 Å². The van der Waals surface area contributed by atoms with Crippen LogP contribution in [0.4, 0.5) is 0 Å². The van der Waals surface area contributed by atoms with Crippen LogP contribution < -0.4 is 0 Å². The molecule has 2 rings (SSSR count). The Hall–Kier alpha value is -1.88. The summed E-state index contributed by atoms with van der Waals surface area (Å²) in [6, 6.07) is 9.03. The van der Waals surface area contributed by atoms with E-state index in [1.807, 2.05) is 19.1 Å². The van der Waals surface area contributed by atoms with E-state index in [1.54, 1.807) is 18.2 Å².